The van der Waals surface area contributed by atoms with Gasteiger partial charge in [-0.3, -0.25) is 4.79 Å². The van der Waals surface area contributed by atoms with Crippen LogP contribution in [0, 0.1) is 17.8 Å². The van der Waals surface area contributed by atoms with E-state index < -0.39 is 0 Å². The molecule has 108 valence electrons. The molecule has 0 radical (unpaired) electrons. The average molecular weight is 272 g/mol. The first-order chi connectivity index (χ1) is 9.69. The average Bonchev–Trinajstić information content (AvgIpc) is 3.09. The van der Waals surface area contributed by atoms with Gasteiger partial charge in [-0.05, 0) is 42.2 Å². The number of hydrogen-bond acceptors (Lipinski definition) is 2. The zero-order chi connectivity index (χ0) is 14.1. The maximum Gasteiger partial charge on any atom is 0.226 e. The fourth-order valence-corrected chi connectivity index (χ4v) is 4.07. The van der Waals surface area contributed by atoms with Gasteiger partial charge in [0.1, 0.15) is 0 Å². The van der Waals surface area contributed by atoms with Gasteiger partial charge in [0, 0.05) is 26.1 Å². The first-order valence-electron chi connectivity index (χ1n) is 7.71. The minimum Gasteiger partial charge on any atom is -0.341 e. The molecule has 2 aliphatic carbocycles. The van der Waals surface area contributed by atoms with Crippen LogP contribution in [0.2, 0.25) is 0 Å². The number of benzene rings is 1. The van der Waals surface area contributed by atoms with E-state index in [0.717, 1.165) is 17.9 Å². The van der Waals surface area contributed by atoms with Crippen LogP contribution in [0.25, 0.3) is 0 Å². The summed E-state index contributed by atoms with van der Waals surface area (Å²) in [6.45, 7) is 1.21. The third-order valence-corrected chi connectivity index (χ3v) is 5.18. The normalized spacial score (nSPS) is 27.8. The highest BCUT2D eigenvalue weighted by molar-refractivity contribution is 5.79. The minimum atomic E-state index is 0.281. The highest BCUT2D eigenvalue weighted by Gasteiger charge is 2.43. The third-order valence-electron chi connectivity index (χ3n) is 5.18. The summed E-state index contributed by atoms with van der Waals surface area (Å²) >= 11 is 0. The molecule has 1 amide bonds. The molecule has 2 bridgehead atoms. The molecule has 2 N–H and O–H groups in total. The van der Waals surface area contributed by atoms with E-state index in [1.165, 1.54) is 24.8 Å². The zero-order valence-electron chi connectivity index (χ0n) is 12.2. The van der Waals surface area contributed by atoms with Crippen LogP contribution in [0.5, 0.6) is 0 Å². The van der Waals surface area contributed by atoms with Crippen molar-refractivity contribution in [1.82, 2.24) is 4.90 Å². The van der Waals surface area contributed by atoms with Gasteiger partial charge >= 0.3 is 0 Å². The van der Waals surface area contributed by atoms with Crippen molar-refractivity contribution < 1.29 is 4.79 Å². The number of nitrogens with two attached hydrogens (primary N) is 1. The van der Waals surface area contributed by atoms with Crippen molar-refractivity contribution in [2.24, 2.45) is 23.5 Å². The van der Waals surface area contributed by atoms with E-state index in [9.17, 15) is 4.79 Å². The van der Waals surface area contributed by atoms with Crippen molar-refractivity contribution in [2.75, 3.05) is 7.05 Å². The Bertz CT molecular complexity index is 500. The Labute approximate surface area is 121 Å². The fraction of sp³-hybridized carbons (Fsp3) is 0.588. The van der Waals surface area contributed by atoms with E-state index in [1.54, 1.807) is 0 Å². The Hall–Kier alpha value is -1.35. The summed E-state index contributed by atoms with van der Waals surface area (Å²) in [6.07, 6.45) is 5.00. The van der Waals surface area contributed by atoms with Gasteiger partial charge in [0.25, 0.3) is 0 Å². The van der Waals surface area contributed by atoms with Gasteiger partial charge in [0.05, 0.1) is 0 Å². The second-order valence-electron chi connectivity index (χ2n) is 6.45. The molecule has 20 heavy (non-hydrogen) atoms. The Kier molecular flexibility index (Phi) is 3.79. The Balaban J connectivity index is 1.67. The Morgan fingerprint density at radius 3 is 2.60 bits per heavy atom. The summed E-state index contributed by atoms with van der Waals surface area (Å²) in [5, 5.41) is 0. The van der Waals surface area contributed by atoms with Gasteiger partial charge in [-0.2, -0.15) is 0 Å². The van der Waals surface area contributed by atoms with E-state index in [2.05, 4.69) is 6.07 Å². The number of rotatable bonds is 4. The monoisotopic (exact) mass is 272 g/mol. The highest BCUT2D eigenvalue weighted by Crippen LogP contribution is 2.48. The standard InChI is InChI=1S/C17H24N2O/c1-19(11-15-5-3-2-4-14(15)10-18)17(20)16-9-12-6-7-13(16)8-12/h2-5,12-13,16H,6-11,18H2,1H3. The summed E-state index contributed by atoms with van der Waals surface area (Å²) in [5.41, 5.74) is 8.08. The van der Waals surface area contributed by atoms with E-state index in [0.29, 0.717) is 24.9 Å². The second kappa shape index (κ2) is 5.57. The molecule has 0 saturated heterocycles. The second-order valence-corrected chi connectivity index (χ2v) is 6.45. The summed E-state index contributed by atoms with van der Waals surface area (Å²) < 4.78 is 0. The molecule has 0 aromatic heterocycles. The van der Waals surface area contributed by atoms with Crippen LogP contribution in [0.1, 0.15) is 36.8 Å². The van der Waals surface area contributed by atoms with Gasteiger partial charge in [0.2, 0.25) is 5.91 Å². The SMILES string of the molecule is CN(Cc1ccccc1CN)C(=O)C1CC2CCC1C2. The predicted molar refractivity (Wildman–Crippen MR) is 79.7 cm³/mol. The molecule has 3 rings (SSSR count). The quantitative estimate of drug-likeness (QED) is 0.915. The van der Waals surface area contributed by atoms with Crippen molar-refractivity contribution >= 4 is 5.91 Å². The number of nitrogens with zero attached hydrogens (tertiary/aromatic N) is 1. The van der Waals surface area contributed by atoms with E-state index in [1.807, 2.05) is 30.1 Å². The fourth-order valence-electron chi connectivity index (χ4n) is 4.07. The summed E-state index contributed by atoms with van der Waals surface area (Å²) in [7, 11) is 1.93. The van der Waals surface area contributed by atoms with Crippen molar-refractivity contribution in [1.29, 1.82) is 0 Å². The Morgan fingerprint density at radius 2 is 2.00 bits per heavy atom. The number of carbonyl (C=O) groups excluding carboxylic acids is 1. The molecule has 3 heteroatoms. The first kappa shape index (κ1) is 13.6. The predicted octanol–water partition coefficient (Wildman–Crippen LogP) is 2.54. The number of hydrogen-bond donors (Lipinski definition) is 1. The lowest BCUT2D eigenvalue weighted by Gasteiger charge is -2.27. The van der Waals surface area contributed by atoms with Gasteiger partial charge in [-0.1, -0.05) is 30.7 Å². The highest BCUT2D eigenvalue weighted by atomic mass is 16.2. The molecule has 2 fully saturated rings. The summed E-state index contributed by atoms with van der Waals surface area (Å²) in [4.78, 5) is 14.5. The molecule has 3 atom stereocenters. The molecule has 0 spiro atoms. The minimum absolute atomic E-state index is 0.281. The molecular weight excluding hydrogens is 248 g/mol. The zero-order valence-corrected chi connectivity index (χ0v) is 12.2. The van der Waals surface area contributed by atoms with Gasteiger partial charge in [-0.25, -0.2) is 0 Å². The number of carbonyl (C=O) groups is 1. The van der Waals surface area contributed by atoms with E-state index in [-0.39, 0.29) is 5.92 Å². The Morgan fingerprint density at radius 1 is 1.25 bits per heavy atom. The van der Waals surface area contributed by atoms with Gasteiger partial charge < -0.3 is 10.6 Å². The van der Waals surface area contributed by atoms with Crippen LogP contribution in [0.3, 0.4) is 0 Å². The van der Waals surface area contributed by atoms with Crippen LogP contribution in [-0.2, 0) is 17.9 Å². The molecule has 3 nitrogen and oxygen atoms in total. The van der Waals surface area contributed by atoms with Crippen LogP contribution in [0.15, 0.2) is 24.3 Å². The molecule has 1 aromatic rings. The van der Waals surface area contributed by atoms with Crippen molar-refractivity contribution in [3.63, 3.8) is 0 Å². The molecular formula is C17H24N2O. The first-order valence-corrected chi connectivity index (χ1v) is 7.71. The third kappa shape index (κ3) is 2.47. The molecule has 0 aliphatic heterocycles. The largest absolute Gasteiger partial charge is 0.341 e. The lowest BCUT2D eigenvalue weighted by Crippen LogP contribution is -2.35. The van der Waals surface area contributed by atoms with E-state index >= 15 is 0 Å². The van der Waals surface area contributed by atoms with E-state index in [4.69, 9.17) is 5.73 Å². The number of fused-ring (bicyclic) bond motifs is 2. The lowest BCUT2D eigenvalue weighted by molar-refractivity contribution is -0.136. The van der Waals surface area contributed by atoms with Gasteiger partial charge in [0.15, 0.2) is 0 Å². The maximum absolute atomic E-state index is 12.6. The molecule has 3 unspecified atom stereocenters. The maximum atomic E-state index is 12.6. The van der Waals surface area contributed by atoms with Crippen molar-refractivity contribution in [2.45, 2.75) is 38.8 Å². The molecule has 1 aromatic carbocycles. The van der Waals surface area contributed by atoms with Gasteiger partial charge in [-0.15, -0.1) is 0 Å². The smallest absolute Gasteiger partial charge is 0.226 e. The lowest BCUT2D eigenvalue weighted by atomic mass is 9.87. The van der Waals surface area contributed by atoms with Crippen LogP contribution in [-0.4, -0.2) is 17.9 Å². The summed E-state index contributed by atoms with van der Waals surface area (Å²) in [5.74, 6) is 2.09. The molecule has 2 saturated carbocycles. The van der Waals surface area contributed by atoms with Crippen LogP contribution < -0.4 is 5.73 Å². The van der Waals surface area contributed by atoms with Crippen molar-refractivity contribution in [3.8, 4) is 0 Å². The molecule has 0 heterocycles. The van der Waals surface area contributed by atoms with Crippen molar-refractivity contribution in [3.05, 3.63) is 35.4 Å². The topological polar surface area (TPSA) is 46.3 Å². The molecule has 2 aliphatic rings. The number of amides is 1. The summed E-state index contributed by atoms with van der Waals surface area (Å²) in [6, 6.07) is 8.14. The van der Waals surface area contributed by atoms with Crippen LogP contribution >= 0.6 is 0 Å². The van der Waals surface area contributed by atoms with Crippen LogP contribution in [0.4, 0.5) is 0 Å².